The number of sulfonamides is 1. The molecule has 8 heteroatoms. The molecule has 1 amide bonds. The third kappa shape index (κ3) is 3.73. The van der Waals surface area contributed by atoms with Gasteiger partial charge in [0.05, 0.1) is 0 Å². The van der Waals surface area contributed by atoms with Crippen LogP contribution < -0.4 is 4.72 Å². The van der Waals surface area contributed by atoms with Gasteiger partial charge in [0.15, 0.2) is 0 Å². The van der Waals surface area contributed by atoms with Crippen molar-refractivity contribution in [3.63, 3.8) is 0 Å². The molecule has 0 saturated heterocycles. The first-order valence-corrected chi connectivity index (χ1v) is 8.85. The van der Waals surface area contributed by atoms with Crippen molar-refractivity contribution >= 4 is 26.7 Å². The van der Waals surface area contributed by atoms with Crippen molar-refractivity contribution in [2.75, 3.05) is 6.26 Å². The van der Waals surface area contributed by atoms with Crippen LogP contribution in [0.15, 0.2) is 58.6 Å². The average Bonchev–Trinajstić information content (AvgIpc) is 2.48. The molecular formula is C13H12N2O4S2. The smallest absolute Gasteiger partial charge is 0.265 e. The van der Waals surface area contributed by atoms with E-state index in [9.17, 15) is 17.4 Å². The minimum Gasteiger partial charge on any atom is -0.268 e. The second kappa shape index (κ2) is 6.15. The molecule has 0 bridgehead atoms. The van der Waals surface area contributed by atoms with E-state index in [1.54, 1.807) is 0 Å². The summed E-state index contributed by atoms with van der Waals surface area (Å²) < 4.78 is 37.1. The Morgan fingerprint density at radius 2 is 1.86 bits per heavy atom. The van der Waals surface area contributed by atoms with Crippen molar-refractivity contribution in [1.29, 1.82) is 0 Å². The minimum atomic E-state index is -3.96. The van der Waals surface area contributed by atoms with Gasteiger partial charge in [-0.05, 0) is 36.4 Å². The molecule has 2 rings (SSSR count). The van der Waals surface area contributed by atoms with Gasteiger partial charge in [0.1, 0.15) is 4.90 Å². The van der Waals surface area contributed by atoms with Gasteiger partial charge in [-0.2, -0.15) is 0 Å². The quantitative estimate of drug-likeness (QED) is 0.903. The molecule has 1 aromatic carbocycles. The second-order valence-electron chi connectivity index (χ2n) is 4.10. The molecule has 0 radical (unpaired) electrons. The highest BCUT2D eigenvalue weighted by atomic mass is 32.2. The summed E-state index contributed by atoms with van der Waals surface area (Å²) in [4.78, 5) is 16.1. The number of carbonyl (C=O) groups is 1. The lowest BCUT2D eigenvalue weighted by Gasteiger charge is -2.06. The van der Waals surface area contributed by atoms with Crippen molar-refractivity contribution < 1.29 is 17.4 Å². The molecule has 0 fully saturated rings. The van der Waals surface area contributed by atoms with E-state index in [-0.39, 0.29) is 10.5 Å². The number of hydrogen-bond acceptors (Lipinski definition) is 5. The number of nitrogens with one attached hydrogen (secondary N) is 1. The molecule has 1 N–H and O–H groups in total. The summed E-state index contributed by atoms with van der Waals surface area (Å²) in [5.41, 5.74) is 0.164. The van der Waals surface area contributed by atoms with Crippen molar-refractivity contribution in [2.45, 2.75) is 9.79 Å². The van der Waals surface area contributed by atoms with E-state index in [1.807, 2.05) is 4.72 Å². The first-order valence-electron chi connectivity index (χ1n) is 5.81. The van der Waals surface area contributed by atoms with Gasteiger partial charge >= 0.3 is 0 Å². The summed E-state index contributed by atoms with van der Waals surface area (Å²) in [7, 11) is -5.11. The fraction of sp³-hybridized carbons (Fsp3) is 0.0769. The highest BCUT2D eigenvalue weighted by Gasteiger charge is 2.18. The Kier molecular flexibility index (Phi) is 4.49. The SMILES string of the molecule is CS(=O)c1ccc(C(=O)NS(=O)(=O)c2cccnc2)cc1. The van der Waals surface area contributed by atoms with Gasteiger partial charge in [-0.25, -0.2) is 13.1 Å². The molecular weight excluding hydrogens is 312 g/mol. The Labute approximate surface area is 124 Å². The zero-order valence-corrected chi connectivity index (χ0v) is 12.6. The molecule has 0 aliphatic carbocycles. The van der Waals surface area contributed by atoms with Gasteiger partial charge in [-0.15, -0.1) is 0 Å². The van der Waals surface area contributed by atoms with Crippen LogP contribution in [0, 0.1) is 0 Å². The van der Waals surface area contributed by atoms with Crippen LogP contribution in [-0.2, 0) is 20.8 Å². The Morgan fingerprint density at radius 1 is 1.19 bits per heavy atom. The summed E-state index contributed by atoms with van der Waals surface area (Å²) in [6.45, 7) is 0. The number of aromatic nitrogens is 1. The molecule has 21 heavy (non-hydrogen) atoms. The van der Waals surface area contributed by atoms with Crippen LogP contribution in [0.1, 0.15) is 10.4 Å². The molecule has 0 saturated carbocycles. The third-order valence-electron chi connectivity index (χ3n) is 2.62. The summed E-state index contributed by atoms with van der Waals surface area (Å²) in [5.74, 6) is -0.757. The highest BCUT2D eigenvalue weighted by molar-refractivity contribution is 7.90. The summed E-state index contributed by atoms with van der Waals surface area (Å²) >= 11 is 0. The Bertz CT molecular complexity index is 772. The van der Waals surface area contributed by atoms with Crippen molar-refractivity contribution in [3.8, 4) is 0 Å². The molecule has 0 spiro atoms. The van der Waals surface area contributed by atoms with Crippen LogP contribution in [-0.4, -0.2) is 29.8 Å². The van der Waals surface area contributed by atoms with Gasteiger partial charge in [-0.3, -0.25) is 14.0 Å². The number of hydrogen-bond donors (Lipinski definition) is 1. The number of nitrogens with zero attached hydrogens (tertiary/aromatic N) is 1. The Hall–Kier alpha value is -2.06. The number of amides is 1. The molecule has 1 aromatic heterocycles. The maximum atomic E-state index is 12.0. The van der Waals surface area contributed by atoms with Gasteiger partial charge in [0.25, 0.3) is 15.9 Å². The normalized spacial score (nSPS) is 12.6. The zero-order valence-electron chi connectivity index (χ0n) is 11.0. The Morgan fingerprint density at radius 3 is 2.38 bits per heavy atom. The van der Waals surface area contributed by atoms with E-state index < -0.39 is 26.7 Å². The van der Waals surface area contributed by atoms with Crippen molar-refractivity contribution in [1.82, 2.24) is 9.71 Å². The van der Waals surface area contributed by atoms with Crippen LogP contribution in [0.3, 0.4) is 0 Å². The van der Waals surface area contributed by atoms with Crippen LogP contribution in [0.25, 0.3) is 0 Å². The summed E-state index contributed by atoms with van der Waals surface area (Å²) in [5, 5.41) is 0. The summed E-state index contributed by atoms with van der Waals surface area (Å²) in [6.07, 6.45) is 4.10. The Balaban J connectivity index is 2.20. The van der Waals surface area contributed by atoms with Gasteiger partial charge < -0.3 is 0 Å². The molecule has 1 unspecified atom stereocenters. The number of pyridine rings is 1. The third-order valence-corrected chi connectivity index (χ3v) is 4.87. The van der Waals surface area contributed by atoms with Gasteiger partial charge in [0.2, 0.25) is 0 Å². The topological polar surface area (TPSA) is 93.2 Å². The van der Waals surface area contributed by atoms with E-state index in [2.05, 4.69) is 4.98 Å². The number of carbonyl (C=O) groups excluding carboxylic acids is 1. The molecule has 1 atom stereocenters. The van der Waals surface area contributed by atoms with E-state index >= 15 is 0 Å². The zero-order chi connectivity index (χ0) is 15.5. The molecule has 1 heterocycles. The van der Waals surface area contributed by atoms with E-state index in [1.165, 1.54) is 48.9 Å². The minimum absolute atomic E-state index is 0.0929. The first kappa shape index (κ1) is 15.3. The lowest BCUT2D eigenvalue weighted by atomic mass is 10.2. The maximum absolute atomic E-state index is 12.0. The molecule has 2 aromatic rings. The standard InChI is InChI=1S/C13H12N2O4S2/c1-20(17)11-6-4-10(5-7-11)13(16)15-21(18,19)12-3-2-8-14-9-12/h2-9H,1H3,(H,15,16). The van der Waals surface area contributed by atoms with Crippen LogP contribution in [0.2, 0.25) is 0 Å². The van der Waals surface area contributed by atoms with Crippen molar-refractivity contribution in [2.24, 2.45) is 0 Å². The predicted molar refractivity (Wildman–Crippen MR) is 77.7 cm³/mol. The van der Waals surface area contributed by atoms with Gasteiger partial charge in [0, 0.05) is 39.9 Å². The number of rotatable bonds is 4. The predicted octanol–water partition coefficient (Wildman–Crippen LogP) is 0.938. The van der Waals surface area contributed by atoms with Crippen LogP contribution >= 0.6 is 0 Å². The molecule has 6 nitrogen and oxygen atoms in total. The van der Waals surface area contributed by atoms with Crippen LogP contribution in [0.4, 0.5) is 0 Å². The fourth-order valence-electron chi connectivity index (χ4n) is 1.54. The lowest BCUT2D eigenvalue weighted by Crippen LogP contribution is -2.30. The molecule has 110 valence electrons. The first-order chi connectivity index (χ1) is 9.90. The van der Waals surface area contributed by atoms with E-state index in [0.29, 0.717) is 4.90 Å². The lowest BCUT2D eigenvalue weighted by molar-refractivity contribution is 0.0981. The van der Waals surface area contributed by atoms with Gasteiger partial charge in [-0.1, -0.05) is 0 Å². The number of benzene rings is 1. The summed E-state index contributed by atoms with van der Waals surface area (Å²) in [6, 6.07) is 8.68. The fourth-order valence-corrected chi connectivity index (χ4v) is 3.00. The van der Waals surface area contributed by atoms with Crippen LogP contribution in [0.5, 0.6) is 0 Å². The second-order valence-corrected chi connectivity index (χ2v) is 7.16. The van der Waals surface area contributed by atoms with E-state index in [4.69, 9.17) is 0 Å². The van der Waals surface area contributed by atoms with Crippen molar-refractivity contribution in [3.05, 3.63) is 54.4 Å². The monoisotopic (exact) mass is 324 g/mol. The maximum Gasteiger partial charge on any atom is 0.265 e. The molecule has 0 aliphatic rings. The largest absolute Gasteiger partial charge is 0.268 e. The highest BCUT2D eigenvalue weighted by Crippen LogP contribution is 2.10. The molecule has 0 aliphatic heterocycles. The van der Waals surface area contributed by atoms with E-state index in [0.717, 1.165) is 6.20 Å². The average molecular weight is 324 g/mol.